The molecule has 0 fully saturated rings. The van der Waals surface area contributed by atoms with Gasteiger partial charge in [-0.3, -0.25) is 13.9 Å². The SMILES string of the molecule is CCOc1ccc(N(CC(=O)N(Cc2ccc(Cl)c(Cl)c2)[C@@H](Cc2ccccc2)C(=O)NC)S(=O)(=O)c2ccc(F)cc2)cc1. The van der Waals surface area contributed by atoms with Crippen molar-refractivity contribution < 1.29 is 27.1 Å². The average Bonchev–Trinajstić information content (AvgIpc) is 3.04. The van der Waals surface area contributed by atoms with Gasteiger partial charge in [0.05, 0.1) is 27.2 Å². The highest BCUT2D eigenvalue weighted by atomic mass is 35.5. The molecule has 4 rings (SSSR count). The van der Waals surface area contributed by atoms with Gasteiger partial charge in [-0.2, -0.15) is 0 Å². The van der Waals surface area contributed by atoms with Gasteiger partial charge in [-0.25, -0.2) is 12.8 Å². The number of hydrogen-bond donors (Lipinski definition) is 1. The van der Waals surface area contributed by atoms with E-state index in [1.807, 2.05) is 37.3 Å². The second-order valence-corrected chi connectivity index (χ2v) is 12.7. The summed E-state index contributed by atoms with van der Waals surface area (Å²) >= 11 is 12.4. The summed E-state index contributed by atoms with van der Waals surface area (Å²) in [6, 6.07) is 23.5. The van der Waals surface area contributed by atoms with E-state index in [4.69, 9.17) is 27.9 Å². The van der Waals surface area contributed by atoms with E-state index < -0.39 is 40.2 Å². The zero-order valence-electron chi connectivity index (χ0n) is 24.6. The Morgan fingerprint density at radius 3 is 2.16 bits per heavy atom. The van der Waals surface area contributed by atoms with Gasteiger partial charge in [-0.1, -0.05) is 59.6 Å². The number of carbonyl (C=O) groups is 2. The van der Waals surface area contributed by atoms with Crippen LogP contribution in [0.1, 0.15) is 18.1 Å². The number of hydrogen-bond acceptors (Lipinski definition) is 5. The summed E-state index contributed by atoms with van der Waals surface area (Å²) in [4.78, 5) is 28.8. The van der Waals surface area contributed by atoms with Gasteiger partial charge >= 0.3 is 0 Å². The number of rotatable bonds is 13. The first-order chi connectivity index (χ1) is 21.5. The van der Waals surface area contributed by atoms with Crippen LogP contribution in [0.25, 0.3) is 0 Å². The highest BCUT2D eigenvalue weighted by Crippen LogP contribution is 2.28. The first-order valence-corrected chi connectivity index (χ1v) is 16.2. The summed E-state index contributed by atoms with van der Waals surface area (Å²) in [5.41, 5.74) is 1.54. The smallest absolute Gasteiger partial charge is 0.264 e. The Morgan fingerprint density at radius 1 is 0.889 bits per heavy atom. The molecule has 2 amide bonds. The Balaban J connectivity index is 1.79. The maximum atomic E-state index is 14.3. The fourth-order valence-electron chi connectivity index (χ4n) is 4.69. The first kappa shape index (κ1) is 33.8. The molecule has 0 saturated carbocycles. The molecular formula is C33H32Cl2FN3O5S. The molecule has 0 unspecified atom stereocenters. The molecule has 0 bridgehead atoms. The number of nitrogens with zero attached hydrogens (tertiary/aromatic N) is 2. The zero-order valence-corrected chi connectivity index (χ0v) is 26.9. The maximum Gasteiger partial charge on any atom is 0.264 e. The van der Waals surface area contributed by atoms with Crippen molar-refractivity contribution in [2.75, 3.05) is 24.5 Å². The number of carbonyl (C=O) groups excluding carboxylic acids is 2. The van der Waals surface area contributed by atoms with Crippen molar-refractivity contribution in [1.29, 1.82) is 0 Å². The predicted octanol–water partition coefficient (Wildman–Crippen LogP) is 6.11. The van der Waals surface area contributed by atoms with Crippen molar-refractivity contribution >= 4 is 50.7 Å². The molecule has 8 nitrogen and oxygen atoms in total. The van der Waals surface area contributed by atoms with Gasteiger partial charge in [-0.15, -0.1) is 0 Å². The van der Waals surface area contributed by atoms with Crippen molar-refractivity contribution in [3.8, 4) is 5.75 Å². The lowest BCUT2D eigenvalue weighted by molar-refractivity contribution is -0.139. The summed E-state index contributed by atoms with van der Waals surface area (Å²) in [5.74, 6) is -1.21. The molecule has 4 aromatic carbocycles. The van der Waals surface area contributed by atoms with Crippen molar-refractivity contribution in [3.05, 3.63) is 124 Å². The van der Waals surface area contributed by atoms with E-state index in [1.165, 1.54) is 24.1 Å². The number of anilines is 1. The Bertz CT molecular complexity index is 1720. The number of sulfonamides is 1. The normalized spacial score (nSPS) is 11.8. The standard InChI is InChI=1S/C33H32Cl2FN3O5S/c1-3-44-27-14-12-26(13-15-27)39(45(42,43)28-16-10-25(36)11-17-28)22-32(40)38(21-24-9-18-29(34)30(35)19-24)31(33(41)37-2)20-23-7-5-4-6-8-23/h4-19,31H,3,20-22H2,1-2H3,(H,37,41)/t31-/m0/s1. The second-order valence-electron chi connectivity index (χ2n) is 9.98. The third kappa shape index (κ3) is 8.54. The monoisotopic (exact) mass is 671 g/mol. The van der Waals surface area contributed by atoms with Crippen molar-refractivity contribution in [3.63, 3.8) is 0 Å². The van der Waals surface area contributed by atoms with Crippen LogP contribution in [0.15, 0.2) is 102 Å². The Morgan fingerprint density at radius 2 is 1.56 bits per heavy atom. The molecule has 0 heterocycles. The van der Waals surface area contributed by atoms with Gasteiger partial charge in [0.1, 0.15) is 24.2 Å². The summed E-state index contributed by atoms with van der Waals surface area (Å²) in [7, 11) is -2.92. The minimum atomic E-state index is -4.38. The first-order valence-electron chi connectivity index (χ1n) is 14.0. The summed E-state index contributed by atoms with van der Waals surface area (Å²) in [5, 5.41) is 3.21. The highest BCUT2D eigenvalue weighted by molar-refractivity contribution is 7.92. The number of ether oxygens (including phenoxy) is 1. The van der Waals surface area contributed by atoms with E-state index in [0.717, 1.165) is 34.1 Å². The molecule has 0 spiro atoms. The molecule has 0 aliphatic carbocycles. The van der Waals surface area contributed by atoms with E-state index in [1.54, 1.807) is 30.3 Å². The zero-order chi connectivity index (χ0) is 32.6. The molecule has 1 N–H and O–H groups in total. The Hall–Kier alpha value is -4.12. The van der Waals surface area contributed by atoms with Gasteiger partial charge < -0.3 is 15.0 Å². The van der Waals surface area contributed by atoms with E-state index in [9.17, 15) is 22.4 Å². The van der Waals surface area contributed by atoms with Gasteiger partial charge in [0.2, 0.25) is 11.8 Å². The summed E-state index contributed by atoms with van der Waals surface area (Å²) in [6.45, 7) is 1.48. The molecular weight excluding hydrogens is 640 g/mol. The van der Waals surface area contributed by atoms with Crippen molar-refractivity contribution in [2.45, 2.75) is 30.8 Å². The Labute approximate surface area is 272 Å². The maximum absolute atomic E-state index is 14.3. The number of likely N-dealkylation sites (N-methyl/N-ethyl adjacent to an activating group) is 1. The van der Waals surface area contributed by atoms with Crippen LogP contribution in [0.4, 0.5) is 10.1 Å². The molecule has 12 heteroatoms. The van der Waals surface area contributed by atoms with Crippen LogP contribution < -0.4 is 14.4 Å². The fraction of sp³-hybridized carbons (Fsp3) is 0.212. The second kappa shape index (κ2) is 15.2. The van der Waals surface area contributed by atoms with Crippen LogP contribution in [0.2, 0.25) is 10.0 Å². The molecule has 0 aliphatic rings. The van der Waals surface area contributed by atoms with Gasteiger partial charge in [0.15, 0.2) is 0 Å². The number of nitrogens with one attached hydrogen (secondary N) is 1. The third-order valence-corrected chi connectivity index (χ3v) is 9.50. The molecule has 0 saturated heterocycles. The van der Waals surface area contributed by atoms with Crippen molar-refractivity contribution in [1.82, 2.24) is 10.2 Å². The van der Waals surface area contributed by atoms with Crippen LogP contribution >= 0.6 is 23.2 Å². The van der Waals surface area contributed by atoms with Gasteiger partial charge in [0, 0.05) is 20.0 Å². The average molecular weight is 673 g/mol. The minimum absolute atomic E-state index is 0.0750. The fourth-order valence-corrected chi connectivity index (χ4v) is 6.43. The molecule has 0 aromatic heterocycles. The minimum Gasteiger partial charge on any atom is -0.494 e. The topological polar surface area (TPSA) is 96.0 Å². The Kier molecular flexibility index (Phi) is 11.4. The molecule has 0 radical (unpaired) electrons. The van der Waals surface area contributed by atoms with Gasteiger partial charge in [0.25, 0.3) is 10.0 Å². The van der Waals surface area contributed by atoms with Gasteiger partial charge in [-0.05, 0) is 78.7 Å². The van der Waals surface area contributed by atoms with Crippen LogP contribution in [-0.4, -0.2) is 51.4 Å². The predicted molar refractivity (Wildman–Crippen MR) is 174 cm³/mol. The number of amides is 2. The van der Waals surface area contributed by atoms with Crippen LogP contribution in [0.3, 0.4) is 0 Å². The molecule has 1 atom stereocenters. The highest BCUT2D eigenvalue weighted by Gasteiger charge is 2.34. The number of halogens is 3. The number of benzene rings is 4. The van der Waals surface area contributed by atoms with Crippen LogP contribution in [-0.2, 0) is 32.6 Å². The summed E-state index contributed by atoms with van der Waals surface area (Å²) in [6.07, 6.45) is 0.154. The molecule has 45 heavy (non-hydrogen) atoms. The van der Waals surface area contributed by atoms with Crippen molar-refractivity contribution in [2.24, 2.45) is 0 Å². The van der Waals surface area contributed by atoms with E-state index in [-0.39, 0.29) is 28.6 Å². The lowest BCUT2D eigenvalue weighted by atomic mass is 10.0. The quantitative estimate of drug-likeness (QED) is 0.185. The summed E-state index contributed by atoms with van der Waals surface area (Å²) < 4.78 is 48.2. The lowest BCUT2D eigenvalue weighted by Gasteiger charge is -2.33. The molecule has 0 aliphatic heterocycles. The molecule has 236 valence electrons. The molecule has 4 aromatic rings. The van der Waals surface area contributed by atoms with E-state index >= 15 is 0 Å². The largest absolute Gasteiger partial charge is 0.494 e. The van der Waals surface area contributed by atoms with Crippen LogP contribution in [0.5, 0.6) is 5.75 Å². The van der Waals surface area contributed by atoms with Crippen LogP contribution in [0, 0.1) is 5.82 Å². The lowest BCUT2D eigenvalue weighted by Crippen LogP contribution is -2.53. The third-order valence-electron chi connectivity index (χ3n) is 6.97. The van der Waals surface area contributed by atoms with E-state index in [2.05, 4.69) is 5.32 Å². The van der Waals surface area contributed by atoms with E-state index in [0.29, 0.717) is 22.9 Å².